The van der Waals surface area contributed by atoms with E-state index in [9.17, 15) is 9.59 Å². The number of carbonyl (C=O) groups is 2. The van der Waals surface area contributed by atoms with Crippen molar-refractivity contribution in [3.63, 3.8) is 0 Å². The molecule has 0 bridgehead atoms. The van der Waals surface area contributed by atoms with Crippen molar-refractivity contribution in [3.8, 4) is 0 Å². The maximum absolute atomic E-state index is 12.6. The monoisotopic (exact) mass is 350 g/mol. The molecular formula is C21H34O4. The van der Waals surface area contributed by atoms with Gasteiger partial charge in [0.25, 0.3) is 0 Å². The quantitative estimate of drug-likeness (QED) is 0.707. The summed E-state index contributed by atoms with van der Waals surface area (Å²) in [5.74, 6) is 1.66. The smallest absolute Gasteiger partial charge is 0.311 e. The molecule has 0 aromatic carbocycles. The molecule has 0 N–H and O–H groups in total. The second kappa shape index (κ2) is 6.92. The Morgan fingerprint density at radius 3 is 2.60 bits per heavy atom. The Labute approximate surface area is 152 Å². The normalized spacial score (nSPS) is 44.1. The highest BCUT2D eigenvalue weighted by Crippen LogP contribution is 2.62. The predicted octanol–water partition coefficient (Wildman–Crippen LogP) is 4.36. The van der Waals surface area contributed by atoms with Crippen LogP contribution in [-0.2, 0) is 19.1 Å². The zero-order chi connectivity index (χ0) is 18.2. The van der Waals surface area contributed by atoms with Gasteiger partial charge >= 0.3 is 11.9 Å². The van der Waals surface area contributed by atoms with Crippen molar-refractivity contribution in [1.82, 2.24) is 0 Å². The Balaban J connectivity index is 1.80. The van der Waals surface area contributed by atoms with E-state index in [2.05, 4.69) is 20.8 Å². The summed E-state index contributed by atoms with van der Waals surface area (Å²) in [7, 11) is 1.52. The predicted molar refractivity (Wildman–Crippen MR) is 95.8 cm³/mol. The van der Waals surface area contributed by atoms with Crippen molar-refractivity contribution < 1.29 is 19.1 Å². The van der Waals surface area contributed by atoms with Crippen LogP contribution in [-0.4, -0.2) is 25.7 Å². The maximum atomic E-state index is 12.6. The van der Waals surface area contributed by atoms with E-state index in [-0.39, 0.29) is 28.7 Å². The van der Waals surface area contributed by atoms with Crippen LogP contribution in [0.5, 0.6) is 0 Å². The van der Waals surface area contributed by atoms with Crippen molar-refractivity contribution in [2.75, 3.05) is 13.7 Å². The van der Waals surface area contributed by atoms with Gasteiger partial charge in [0.1, 0.15) is 0 Å². The van der Waals surface area contributed by atoms with Crippen LogP contribution in [0, 0.1) is 34.5 Å². The third-order valence-electron chi connectivity index (χ3n) is 7.94. The number of esters is 2. The molecule has 0 spiro atoms. The summed E-state index contributed by atoms with van der Waals surface area (Å²) in [5.41, 5.74) is -0.187. The Bertz CT molecular complexity index is 530. The minimum absolute atomic E-state index is 0.00629. The van der Waals surface area contributed by atoms with Crippen LogP contribution in [0.1, 0.15) is 72.1 Å². The molecule has 4 nitrogen and oxygen atoms in total. The number of rotatable bonds is 4. The molecule has 0 radical (unpaired) electrons. The van der Waals surface area contributed by atoms with E-state index in [0.29, 0.717) is 24.4 Å². The minimum atomic E-state index is -0.355. The summed E-state index contributed by atoms with van der Waals surface area (Å²) in [6.45, 7) is 7.49. The third-order valence-corrected chi connectivity index (χ3v) is 7.94. The molecule has 25 heavy (non-hydrogen) atoms. The third kappa shape index (κ3) is 3.10. The van der Waals surface area contributed by atoms with Gasteiger partial charge in [-0.1, -0.05) is 26.7 Å². The molecule has 4 heteroatoms. The first-order valence-corrected chi connectivity index (χ1v) is 10.1. The van der Waals surface area contributed by atoms with Crippen molar-refractivity contribution in [2.24, 2.45) is 34.5 Å². The highest BCUT2D eigenvalue weighted by molar-refractivity contribution is 5.77. The molecule has 3 fully saturated rings. The number of cyclic esters (lactones) is 1. The molecule has 0 aromatic rings. The molecule has 1 aliphatic heterocycles. The second-order valence-electron chi connectivity index (χ2n) is 9.21. The molecule has 0 aromatic heterocycles. The summed E-state index contributed by atoms with van der Waals surface area (Å²) < 4.78 is 10.3. The van der Waals surface area contributed by atoms with Crippen LogP contribution in [0.25, 0.3) is 0 Å². The lowest BCUT2D eigenvalue weighted by Gasteiger charge is -2.59. The number of hydrogen-bond donors (Lipinski definition) is 0. The van der Waals surface area contributed by atoms with Crippen molar-refractivity contribution in [1.29, 1.82) is 0 Å². The first-order valence-electron chi connectivity index (χ1n) is 10.1. The van der Waals surface area contributed by atoms with Gasteiger partial charge in [-0.15, -0.1) is 0 Å². The fourth-order valence-corrected chi connectivity index (χ4v) is 6.56. The summed E-state index contributed by atoms with van der Waals surface area (Å²) in [4.78, 5) is 24.4. The molecule has 3 rings (SSSR count). The lowest BCUT2D eigenvalue weighted by Crippen LogP contribution is -2.55. The Morgan fingerprint density at radius 1 is 1.20 bits per heavy atom. The molecule has 3 unspecified atom stereocenters. The van der Waals surface area contributed by atoms with Crippen molar-refractivity contribution in [3.05, 3.63) is 0 Å². The molecule has 2 saturated carbocycles. The molecule has 2 aliphatic carbocycles. The average Bonchev–Trinajstić information content (AvgIpc) is 2.98. The van der Waals surface area contributed by atoms with Crippen molar-refractivity contribution in [2.45, 2.75) is 72.1 Å². The topological polar surface area (TPSA) is 52.6 Å². The molecule has 1 heterocycles. The van der Waals surface area contributed by atoms with Crippen LogP contribution < -0.4 is 0 Å². The molecule has 1 saturated heterocycles. The number of ether oxygens (including phenoxy) is 2. The van der Waals surface area contributed by atoms with Crippen LogP contribution in [0.2, 0.25) is 0 Å². The zero-order valence-electron chi connectivity index (χ0n) is 16.3. The molecular weight excluding hydrogens is 316 g/mol. The van der Waals surface area contributed by atoms with Crippen LogP contribution in [0.3, 0.4) is 0 Å². The van der Waals surface area contributed by atoms with E-state index in [1.807, 2.05) is 0 Å². The lowest BCUT2D eigenvalue weighted by atomic mass is 9.45. The highest BCUT2D eigenvalue weighted by Gasteiger charge is 2.58. The lowest BCUT2D eigenvalue weighted by molar-refractivity contribution is -0.173. The fourth-order valence-electron chi connectivity index (χ4n) is 6.56. The van der Waals surface area contributed by atoms with E-state index in [4.69, 9.17) is 9.47 Å². The summed E-state index contributed by atoms with van der Waals surface area (Å²) in [6.07, 6.45) is 8.39. The van der Waals surface area contributed by atoms with Crippen molar-refractivity contribution >= 4 is 11.9 Å². The first-order chi connectivity index (χ1) is 11.8. The number of methoxy groups -OCH3 is 1. The number of fused-ring (bicyclic) bond motifs is 1. The van der Waals surface area contributed by atoms with Gasteiger partial charge in [-0.2, -0.15) is 0 Å². The van der Waals surface area contributed by atoms with Crippen LogP contribution >= 0.6 is 0 Å². The average molecular weight is 350 g/mol. The van der Waals surface area contributed by atoms with Gasteiger partial charge in [0, 0.05) is 0 Å². The van der Waals surface area contributed by atoms with E-state index < -0.39 is 0 Å². The van der Waals surface area contributed by atoms with Gasteiger partial charge < -0.3 is 9.47 Å². The highest BCUT2D eigenvalue weighted by atomic mass is 16.5. The van der Waals surface area contributed by atoms with E-state index >= 15 is 0 Å². The molecule has 0 amide bonds. The van der Waals surface area contributed by atoms with Crippen LogP contribution in [0.15, 0.2) is 0 Å². The summed E-state index contributed by atoms with van der Waals surface area (Å²) in [6, 6.07) is 0. The summed E-state index contributed by atoms with van der Waals surface area (Å²) in [5, 5.41) is 0. The van der Waals surface area contributed by atoms with E-state index in [1.54, 1.807) is 0 Å². The largest absolute Gasteiger partial charge is 0.469 e. The Hall–Kier alpha value is -1.06. The van der Waals surface area contributed by atoms with E-state index in [1.165, 1.54) is 20.0 Å². The van der Waals surface area contributed by atoms with Gasteiger partial charge in [-0.3, -0.25) is 9.59 Å². The standard InChI is InChI=1S/C21H34O4/c1-14-6-9-17-20(2,11-5-12-21(17,3)19(23)24-4)16(14)8-7-15-10-13-25-18(15)22/h14-17H,5-13H2,1-4H3/t14?,15?,16-,17?,20+,21-/m0/s1. The zero-order valence-corrected chi connectivity index (χ0v) is 16.3. The van der Waals surface area contributed by atoms with Crippen LogP contribution in [0.4, 0.5) is 0 Å². The Morgan fingerprint density at radius 2 is 1.96 bits per heavy atom. The SMILES string of the molecule is COC(=O)[C@@]1(C)CCC[C@@]2(C)C1CCC(C)[C@@H]2CCC1CCOC1=O. The van der Waals surface area contributed by atoms with Gasteiger partial charge in [0.05, 0.1) is 25.0 Å². The minimum Gasteiger partial charge on any atom is -0.469 e. The van der Waals surface area contributed by atoms with Gasteiger partial charge in [-0.05, 0) is 68.6 Å². The first kappa shape index (κ1) is 18.7. The van der Waals surface area contributed by atoms with Gasteiger partial charge in [0.15, 0.2) is 0 Å². The Kier molecular flexibility index (Phi) is 5.18. The molecule has 142 valence electrons. The molecule has 6 atom stereocenters. The van der Waals surface area contributed by atoms with Gasteiger partial charge in [-0.25, -0.2) is 0 Å². The fraction of sp³-hybridized carbons (Fsp3) is 0.905. The number of carbonyl (C=O) groups excluding carboxylic acids is 2. The maximum Gasteiger partial charge on any atom is 0.311 e. The number of hydrogen-bond acceptors (Lipinski definition) is 4. The molecule has 3 aliphatic rings. The van der Waals surface area contributed by atoms with E-state index in [0.717, 1.165) is 38.5 Å². The second-order valence-corrected chi connectivity index (χ2v) is 9.21. The van der Waals surface area contributed by atoms with Gasteiger partial charge in [0.2, 0.25) is 0 Å². The summed E-state index contributed by atoms with van der Waals surface area (Å²) >= 11 is 0.